The Morgan fingerprint density at radius 2 is 2.29 bits per heavy atom. The Labute approximate surface area is 85.8 Å². The summed E-state index contributed by atoms with van der Waals surface area (Å²) < 4.78 is 0. The van der Waals surface area contributed by atoms with Crippen molar-refractivity contribution in [3.05, 3.63) is 34.9 Å². The molecule has 1 aromatic carbocycles. The highest BCUT2D eigenvalue weighted by atomic mass is 16.3. The molecule has 0 radical (unpaired) electrons. The first-order valence-electron chi connectivity index (χ1n) is 5.51. The maximum absolute atomic E-state index is 9.00. The average Bonchev–Trinajstić information content (AvgIpc) is 2.18. The fourth-order valence-corrected chi connectivity index (χ4v) is 2.50. The maximum Gasteiger partial charge on any atom is 0.0436 e. The molecule has 0 amide bonds. The van der Waals surface area contributed by atoms with Crippen molar-refractivity contribution in [3.8, 4) is 0 Å². The SMILES string of the molecule is Cc1ccc2c(c1)CCCC2CCO. The molecule has 76 valence electrons. The lowest BCUT2D eigenvalue weighted by Gasteiger charge is -2.25. The molecule has 0 aliphatic heterocycles. The molecule has 1 N–H and O–H groups in total. The van der Waals surface area contributed by atoms with Gasteiger partial charge in [0.2, 0.25) is 0 Å². The Balaban J connectivity index is 2.30. The third-order valence-corrected chi connectivity index (χ3v) is 3.21. The normalized spacial score (nSPS) is 20.6. The number of hydrogen-bond donors (Lipinski definition) is 1. The first-order valence-corrected chi connectivity index (χ1v) is 5.51. The van der Waals surface area contributed by atoms with Crippen molar-refractivity contribution < 1.29 is 5.11 Å². The van der Waals surface area contributed by atoms with E-state index in [2.05, 4.69) is 25.1 Å². The molecule has 1 unspecified atom stereocenters. The molecular formula is C13H18O. The number of aryl methyl sites for hydroxylation is 2. The summed E-state index contributed by atoms with van der Waals surface area (Å²) in [6, 6.07) is 6.75. The number of hydrogen-bond acceptors (Lipinski definition) is 1. The van der Waals surface area contributed by atoms with Gasteiger partial charge in [-0.05, 0) is 49.7 Å². The van der Waals surface area contributed by atoms with Gasteiger partial charge in [0.15, 0.2) is 0 Å². The van der Waals surface area contributed by atoms with Crippen molar-refractivity contribution in [1.82, 2.24) is 0 Å². The first kappa shape index (κ1) is 9.72. The number of benzene rings is 1. The van der Waals surface area contributed by atoms with Crippen LogP contribution in [0.1, 0.15) is 41.9 Å². The average molecular weight is 190 g/mol. The summed E-state index contributed by atoms with van der Waals surface area (Å²) >= 11 is 0. The quantitative estimate of drug-likeness (QED) is 0.760. The molecule has 1 aliphatic carbocycles. The van der Waals surface area contributed by atoms with Gasteiger partial charge in [0.05, 0.1) is 0 Å². The van der Waals surface area contributed by atoms with Gasteiger partial charge in [0.25, 0.3) is 0 Å². The van der Waals surface area contributed by atoms with Crippen LogP contribution in [-0.4, -0.2) is 11.7 Å². The van der Waals surface area contributed by atoms with E-state index in [9.17, 15) is 0 Å². The van der Waals surface area contributed by atoms with E-state index in [0.29, 0.717) is 12.5 Å². The highest BCUT2D eigenvalue weighted by Gasteiger charge is 2.19. The molecule has 0 heterocycles. The zero-order valence-electron chi connectivity index (χ0n) is 8.79. The van der Waals surface area contributed by atoms with Crippen molar-refractivity contribution in [2.75, 3.05) is 6.61 Å². The predicted molar refractivity (Wildman–Crippen MR) is 58.6 cm³/mol. The molecule has 0 saturated heterocycles. The van der Waals surface area contributed by atoms with Crippen LogP contribution in [0.15, 0.2) is 18.2 Å². The molecule has 1 heteroatoms. The van der Waals surface area contributed by atoms with Crippen LogP contribution in [0, 0.1) is 6.92 Å². The van der Waals surface area contributed by atoms with Crippen LogP contribution in [-0.2, 0) is 6.42 Å². The van der Waals surface area contributed by atoms with E-state index in [1.807, 2.05) is 0 Å². The van der Waals surface area contributed by atoms with Gasteiger partial charge in [-0.2, -0.15) is 0 Å². The number of fused-ring (bicyclic) bond motifs is 1. The minimum absolute atomic E-state index is 0.317. The molecular weight excluding hydrogens is 172 g/mol. The molecule has 0 aromatic heterocycles. The van der Waals surface area contributed by atoms with E-state index in [4.69, 9.17) is 5.11 Å². The van der Waals surface area contributed by atoms with Crippen LogP contribution < -0.4 is 0 Å². The zero-order chi connectivity index (χ0) is 9.97. The summed E-state index contributed by atoms with van der Waals surface area (Å²) in [7, 11) is 0. The first-order chi connectivity index (χ1) is 6.81. The molecule has 1 aromatic rings. The molecule has 1 nitrogen and oxygen atoms in total. The summed E-state index contributed by atoms with van der Waals surface area (Å²) in [5, 5.41) is 9.00. The summed E-state index contributed by atoms with van der Waals surface area (Å²) in [4.78, 5) is 0. The maximum atomic E-state index is 9.00. The molecule has 1 atom stereocenters. The van der Waals surface area contributed by atoms with Crippen LogP contribution in [0.5, 0.6) is 0 Å². The van der Waals surface area contributed by atoms with Crippen LogP contribution in [0.3, 0.4) is 0 Å². The molecule has 14 heavy (non-hydrogen) atoms. The van der Waals surface area contributed by atoms with Crippen LogP contribution in [0.4, 0.5) is 0 Å². The second kappa shape index (κ2) is 4.14. The van der Waals surface area contributed by atoms with Gasteiger partial charge >= 0.3 is 0 Å². The summed E-state index contributed by atoms with van der Waals surface area (Å²) in [6.07, 6.45) is 4.67. The van der Waals surface area contributed by atoms with Crippen molar-refractivity contribution in [2.45, 2.75) is 38.5 Å². The van der Waals surface area contributed by atoms with E-state index in [1.165, 1.54) is 36.0 Å². The lowest BCUT2D eigenvalue weighted by Crippen LogP contribution is -2.11. The zero-order valence-corrected chi connectivity index (χ0v) is 8.79. The molecule has 2 rings (SSSR count). The summed E-state index contributed by atoms with van der Waals surface area (Å²) in [5.41, 5.74) is 4.35. The molecule has 0 spiro atoms. The van der Waals surface area contributed by atoms with Gasteiger partial charge in [-0.15, -0.1) is 0 Å². The van der Waals surface area contributed by atoms with E-state index in [1.54, 1.807) is 0 Å². The number of aliphatic hydroxyl groups is 1. The Kier molecular flexibility index (Phi) is 2.87. The Morgan fingerprint density at radius 3 is 3.07 bits per heavy atom. The molecule has 0 bridgehead atoms. The third kappa shape index (κ3) is 1.83. The molecule has 1 aliphatic rings. The van der Waals surface area contributed by atoms with Crippen molar-refractivity contribution in [3.63, 3.8) is 0 Å². The fourth-order valence-electron chi connectivity index (χ4n) is 2.50. The van der Waals surface area contributed by atoms with Crippen molar-refractivity contribution >= 4 is 0 Å². The van der Waals surface area contributed by atoms with Crippen LogP contribution in [0.2, 0.25) is 0 Å². The molecule has 0 saturated carbocycles. The predicted octanol–water partition coefficient (Wildman–Crippen LogP) is 2.80. The summed E-state index contributed by atoms with van der Waals surface area (Å²) in [5.74, 6) is 0.601. The number of aliphatic hydroxyl groups excluding tert-OH is 1. The van der Waals surface area contributed by atoms with Crippen molar-refractivity contribution in [2.24, 2.45) is 0 Å². The Morgan fingerprint density at radius 1 is 1.43 bits per heavy atom. The van der Waals surface area contributed by atoms with Crippen LogP contribution >= 0.6 is 0 Å². The van der Waals surface area contributed by atoms with E-state index in [0.717, 1.165) is 6.42 Å². The Hall–Kier alpha value is -0.820. The number of rotatable bonds is 2. The smallest absolute Gasteiger partial charge is 0.0436 e. The van der Waals surface area contributed by atoms with Crippen molar-refractivity contribution in [1.29, 1.82) is 0 Å². The van der Waals surface area contributed by atoms with Gasteiger partial charge in [0, 0.05) is 6.61 Å². The topological polar surface area (TPSA) is 20.2 Å². The lowest BCUT2D eigenvalue weighted by atomic mass is 9.81. The van der Waals surface area contributed by atoms with E-state index in [-0.39, 0.29) is 0 Å². The van der Waals surface area contributed by atoms with Gasteiger partial charge in [-0.1, -0.05) is 23.8 Å². The lowest BCUT2D eigenvalue weighted by molar-refractivity contribution is 0.269. The second-order valence-corrected chi connectivity index (χ2v) is 4.30. The van der Waals surface area contributed by atoms with Gasteiger partial charge in [0.1, 0.15) is 0 Å². The minimum Gasteiger partial charge on any atom is -0.396 e. The highest BCUT2D eigenvalue weighted by molar-refractivity contribution is 5.35. The van der Waals surface area contributed by atoms with E-state index < -0.39 is 0 Å². The standard InChI is InChI=1S/C13H18O/c1-10-5-6-13-11(7-8-14)3-2-4-12(13)9-10/h5-6,9,11,14H,2-4,7-8H2,1H3. The Bertz CT molecular complexity index is 317. The van der Waals surface area contributed by atoms with Gasteiger partial charge in [-0.3, -0.25) is 0 Å². The minimum atomic E-state index is 0.317. The van der Waals surface area contributed by atoms with Crippen LogP contribution in [0.25, 0.3) is 0 Å². The fraction of sp³-hybridized carbons (Fsp3) is 0.538. The monoisotopic (exact) mass is 190 g/mol. The van der Waals surface area contributed by atoms with E-state index >= 15 is 0 Å². The highest BCUT2D eigenvalue weighted by Crippen LogP contribution is 2.33. The largest absolute Gasteiger partial charge is 0.396 e. The van der Waals surface area contributed by atoms with Gasteiger partial charge < -0.3 is 5.11 Å². The van der Waals surface area contributed by atoms with Gasteiger partial charge in [-0.25, -0.2) is 0 Å². The third-order valence-electron chi connectivity index (χ3n) is 3.21. The summed E-state index contributed by atoms with van der Waals surface area (Å²) in [6.45, 7) is 2.47. The second-order valence-electron chi connectivity index (χ2n) is 4.30. The molecule has 0 fully saturated rings.